The van der Waals surface area contributed by atoms with Gasteiger partial charge in [0.1, 0.15) is 11.0 Å². The van der Waals surface area contributed by atoms with Crippen molar-refractivity contribution in [1.29, 1.82) is 0 Å². The maximum absolute atomic E-state index is 5.55. The Morgan fingerprint density at radius 2 is 2.33 bits per heavy atom. The van der Waals surface area contributed by atoms with E-state index in [9.17, 15) is 0 Å². The van der Waals surface area contributed by atoms with Gasteiger partial charge in [-0.2, -0.15) is 0 Å². The summed E-state index contributed by atoms with van der Waals surface area (Å²) < 4.78 is 4.85. The summed E-state index contributed by atoms with van der Waals surface area (Å²) in [6.45, 7) is 1.36. The number of methoxy groups -OCH3 is 1. The standard InChI is InChI=1S/C7H10ClN3O/c1-12-3-2-9-7-5-10-6(8)4-11-7/h4-5H,2-3H2,1H3,(H,9,11). The van der Waals surface area contributed by atoms with Crippen LogP contribution in [0.3, 0.4) is 0 Å². The van der Waals surface area contributed by atoms with E-state index in [-0.39, 0.29) is 0 Å². The highest BCUT2D eigenvalue weighted by Crippen LogP contribution is 2.04. The summed E-state index contributed by atoms with van der Waals surface area (Å²) in [7, 11) is 1.65. The van der Waals surface area contributed by atoms with Gasteiger partial charge in [-0.3, -0.25) is 0 Å². The zero-order valence-corrected chi connectivity index (χ0v) is 7.51. The first-order valence-corrected chi connectivity index (χ1v) is 3.91. The van der Waals surface area contributed by atoms with Crippen LogP contribution >= 0.6 is 11.6 Å². The number of rotatable bonds is 4. The normalized spacial score (nSPS) is 9.83. The number of nitrogens with one attached hydrogen (secondary N) is 1. The van der Waals surface area contributed by atoms with Crippen LogP contribution in [0.4, 0.5) is 5.82 Å². The van der Waals surface area contributed by atoms with Crippen molar-refractivity contribution >= 4 is 17.4 Å². The Labute approximate surface area is 75.9 Å². The predicted octanol–water partition coefficient (Wildman–Crippen LogP) is 1.19. The molecule has 0 spiro atoms. The van der Waals surface area contributed by atoms with Crippen molar-refractivity contribution in [2.75, 3.05) is 25.6 Å². The molecule has 0 amide bonds. The Morgan fingerprint density at radius 3 is 2.92 bits per heavy atom. The van der Waals surface area contributed by atoms with Gasteiger partial charge in [-0.15, -0.1) is 0 Å². The fraction of sp³-hybridized carbons (Fsp3) is 0.429. The monoisotopic (exact) mass is 187 g/mol. The second-order valence-electron chi connectivity index (χ2n) is 2.14. The van der Waals surface area contributed by atoms with Gasteiger partial charge >= 0.3 is 0 Å². The molecule has 12 heavy (non-hydrogen) atoms. The Balaban J connectivity index is 2.37. The molecule has 0 radical (unpaired) electrons. The van der Waals surface area contributed by atoms with Crippen molar-refractivity contribution in [3.8, 4) is 0 Å². The Hall–Kier alpha value is -0.870. The van der Waals surface area contributed by atoms with E-state index in [4.69, 9.17) is 16.3 Å². The number of nitrogens with zero attached hydrogens (tertiary/aromatic N) is 2. The summed E-state index contributed by atoms with van der Waals surface area (Å²) in [5, 5.41) is 3.41. The molecule has 1 N–H and O–H groups in total. The predicted molar refractivity (Wildman–Crippen MR) is 47.4 cm³/mol. The third-order valence-electron chi connectivity index (χ3n) is 1.23. The van der Waals surface area contributed by atoms with E-state index in [0.717, 1.165) is 0 Å². The lowest BCUT2D eigenvalue weighted by atomic mass is 10.6. The van der Waals surface area contributed by atoms with Crippen LogP contribution in [0.5, 0.6) is 0 Å². The van der Waals surface area contributed by atoms with Crippen molar-refractivity contribution in [1.82, 2.24) is 9.97 Å². The summed E-state index contributed by atoms with van der Waals surface area (Å²) in [4.78, 5) is 7.85. The van der Waals surface area contributed by atoms with Crippen LogP contribution < -0.4 is 5.32 Å². The van der Waals surface area contributed by atoms with Crippen LogP contribution in [0.1, 0.15) is 0 Å². The lowest BCUT2D eigenvalue weighted by molar-refractivity contribution is 0.210. The first kappa shape index (κ1) is 9.22. The summed E-state index contributed by atoms with van der Waals surface area (Å²) in [5.41, 5.74) is 0. The molecule has 1 heterocycles. The SMILES string of the molecule is COCCNc1cnc(Cl)cn1. The van der Waals surface area contributed by atoms with Crippen molar-refractivity contribution < 1.29 is 4.74 Å². The number of halogens is 1. The fourth-order valence-electron chi connectivity index (χ4n) is 0.685. The van der Waals surface area contributed by atoms with Crippen molar-refractivity contribution in [3.05, 3.63) is 17.5 Å². The summed E-state index contributed by atoms with van der Waals surface area (Å²) in [5.74, 6) is 0.705. The lowest BCUT2D eigenvalue weighted by Gasteiger charge is -2.02. The second kappa shape index (κ2) is 4.90. The van der Waals surface area contributed by atoms with Gasteiger partial charge in [0.2, 0.25) is 0 Å². The van der Waals surface area contributed by atoms with Gasteiger partial charge < -0.3 is 10.1 Å². The maximum Gasteiger partial charge on any atom is 0.147 e. The second-order valence-corrected chi connectivity index (χ2v) is 2.53. The molecule has 0 saturated heterocycles. The van der Waals surface area contributed by atoms with Gasteiger partial charge in [0, 0.05) is 13.7 Å². The van der Waals surface area contributed by atoms with E-state index in [0.29, 0.717) is 24.1 Å². The first-order chi connectivity index (χ1) is 5.83. The van der Waals surface area contributed by atoms with Gasteiger partial charge in [-0.05, 0) is 0 Å². The van der Waals surface area contributed by atoms with Crippen LogP contribution in [-0.4, -0.2) is 30.2 Å². The molecular weight excluding hydrogens is 178 g/mol. The molecule has 4 nitrogen and oxygen atoms in total. The maximum atomic E-state index is 5.55. The Bertz CT molecular complexity index is 227. The van der Waals surface area contributed by atoms with Crippen LogP contribution in [0, 0.1) is 0 Å². The highest BCUT2D eigenvalue weighted by atomic mass is 35.5. The summed E-state index contributed by atoms with van der Waals surface area (Å²) in [6, 6.07) is 0. The number of anilines is 1. The van der Waals surface area contributed by atoms with E-state index in [1.165, 1.54) is 6.20 Å². The first-order valence-electron chi connectivity index (χ1n) is 3.53. The van der Waals surface area contributed by atoms with Gasteiger partial charge in [0.25, 0.3) is 0 Å². The van der Waals surface area contributed by atoms with Crippen LogP contribution in [0.25, 0.3) is 0 Å². The van der Waals surface area contributed by atoms with Crippen LogP contribution in [0.15, 0.2) is 12.4 Å². The molecular formula is C7H10ClN3O. The lowest BCUT2D eigenvalue weighted by Crippen LogP contribution is -2.08. The minimum Gasteiger partial charge on any atom is -0.383 e. The minimum atomic E-state index is 0.396. The average Bonchev–Trinajstić information content (AvgIpc) is 2.09. The number of aromatic nitrogens is 2. The molecule has 0 saturated carbocycles. The van der Waals surface area contributed by atoms with Gasteiger partial charge in [0.05, 0.1) is 19.0 Å². The summed E-state index contributed by atoms with van der Waals surface area (Å²) in [6.07, 6.45) is 3.08. The van der Waals surface area contributed by atoms with Gasteiger partial charge in [0.15, 0.2) is 0 Å². The van der Waals surface area contributed by atoms with Crippen LogP contribution in [0.2, 0.25) is 5.15 Å². The molecule has 1 aromatic rings. The molecule has 0 fully saturated rings. The number of hydrogen-bond acceptors (Lipinski definition) is 4. The fourth-order valence-corrected chi connectivity index (χ4v) is 0.782. The Morgan fingerprint density at radius 1 is 1.50 bits per heavy atom. The molecule has 1 rings (SSSR count). The average molecular weight is 188 g/mol. The highest BCUT2D eigenvalue weighted by Gasteiger charge is 1.92. The molecule has 66 valence electrons. The van der Waals surface area contributed by atoms with Crippen molar-refractivity contribution in [2.24, 2.45) is 0 Å². The number of hydrogen-bond donors (Lipinski definition) is 1. The molecule has 0 aliphatic heterocycles. The zero-order valence-electron chi connectivity index (χ0n) is 6.75. The van der Waals surface area contributed by atoms with Gasteiger partial charge in [-0.25, -0.2) is 9.97 Å². The Kier molecular flexibility index (Phi) is 3.76. The topological polar surface area (TPSA) is 47.0 Å². The molecule has 0 atom stereocenters. The van der Waals surface area contributed by atoms with E-state index in [1.54, 1.807) is 13.3 Å². The van der Waals surface area contributed by atoms with Gasteiger partial charge in [-0.1, -0.05) is 11.6 Å². The third kappa shape index (κ3) is 3.02. The molecule has 0 aromatic carbocycles. The van der Waals surface area contributed by atoms with Crippen LogP contribution in [-0.2, 0) is 4.74 Å². The van der Waals surface area contributed by atoms with E-state index in [2.05, 4.69) is 15.3 Å². The minimum absolute atomic E-state index is 0.396. The largest absolute Gasteiger partial charge is 0.383 e. The van der Waals surface area contributed by atoms with Crippen molar-refractivity contribution in [2.45, 2.75) is 0 Å². The molecule has 0 bridgehead atoms. The third-order valence-corrected chi connectivity index (χ3v) is 1.43. The molecule has 1 aromatic heterocycles. The zero-order chi connectivity index (χ0) is 8.81. The van der Waals surface area contributed by atoms with Crippen molar-refractivity contribution in [3.63, 3.8) is 0 Å². The quantitative estimate of drug-likeness (QED) is 0.720. The van der Waals surface area contributed by atoms with E-state index >= 15 is 0 Å². The molecule has 0 aliphatic carbocycles. The summed E-state index contributed by atoms with van der Waals surface area (Å²) >= 11 is 5.55. The smallest absolute Gasteiger partial charge is 0.147 e. The molecule has 0 aliphatic rings. The van der Waals surface area contributed by atoms with E-state index in [1.807, 2.05) is 0 Å². The number of ether oxygens (including phenoxy) is 1. The molecule has 0 unspecified atom stereocenters. The van der Waals surface area contributed by atoms with E-state index < -0.39 is 0 Å². The molecule has 5 heteroatoms. The highest BCUT2D eigenvalue weighted by molar-refractivity contribution is 6.29.